The Balaban J connectivity index is 1.37. The highest BCUT2D eigenvalue weighted by molar-refractivity contribution is 5.85. The van der Waals surface area contributed by atoms with Crippen LogP contribution in [-0.4, -0.2) is 42.5 Å². The van der Waals surface area contributed by atoms with Crippen molar-refractivity contribution in [1.29, 1.82) is 0 Å². The van der Waals surface area contributed by atoms with Gasteiger partial charge in [0.2, 0.25) is 0 Å². The van der Waals surface area contributed by atoms with E-state index in [1.165, 1.54) is 16.3 Å². The molecule has 0 atom stereocenters. The number of allylic oxidation sites excluding steroid dienone is 1. The molecule has 4 nitrogen and oxygen atoms in total. The summed E-state index contributed by atoms with van der Waals surface area (Å²) in [5.74, 6) is 0.302. The summed E-state index contributed by atoms with van der Waals surface area (Å²) in [6, 6.07) is 21.0. The smallest absolute Gasteiger partial charge is 0.127 e. The molecule has 0 bridgehead atoms. The first kappa shape index (κ1) is 19.2. The number of hydrazone groups is 1. The molecule has 0 amide bonds. The minimum absolute atomic E-state index is 0.302. The second kappa shape index (κ2) is 8.93. The van der Waals surface area contributed by atoms with E-state index in [1.54, 1.807) is 17.2 Å². The Bertz CT molecular complexity index is 1010. The predicted octanol–water partition coefficient (Wildman–Crippen LogP) is 3.01. The summed E-state index contributed by atoms with van der Waals surface area (Å²) < 4.78 is 0. The van der Waals surface area contributed by atoms with Crippen molar-refractivity contribution < 1.29 is 10.0 Å². The van der Waals surface area contributed by atoms with Crippen LogP contribution in [0, 0.1) is 0 Å². The third-order valence-electron chi connectivity index (χ3n) is 5.64. The summed E-state index contributed by atoms with van der Waals surface area (Å²) >= 11 is 0. The molecule has 3 aromatic rings. The number of quaternary nitrogens is 1. The Labute approximate surface area is 172 Å². The summed E-state index contributed by atoms with van der Waals surface area (Å²) in [4.78, 5) is 1.59. The number of piperazine rings is 1. The Kier molecular flexibility index (Phi) is 5.92. The lowest BCUT2D eigenvalue weighted by Crippen LogP contribution is -3.13. The van der Waals surface area contributed by atoms with Gasteiger partial charge in [-0.1, -0.05) is 60.7 Å². The Morgan fingerprint density at radius 2 is 1.69 bits per heavy atom. The standard InChI is InChI=1S/C25H27N3O/c1-2-7-21-10-6-11-22(25(21)29)18-26-28-16-14-27(15-17-28)19-23-12-5-9-20-8-3-4-13-24(20)23/h2-6,8-13,18,29H,1,7,14-17,19H2/p+1/b26-18+. The van der Waals surface area contributed by atoms with Crippen molar-refractivity contribution in [3.63, 3.8) is 0 Å². The fourth-order valence-corrected chi connectivity index (χ4v) is 4.00. The van der Waals surface area contributed by atoms with Crippen molar-refractivity contribution in [2.24, 2.45) is 5.10 Å². The summed E-state index contributed by atoms with van der Waals surface area (Å²) in [7, 11) is 0. The van der Waals surface area contributed by atoms with Gasteiger partial charge in [0, 0.05) is 11.1 Å². The molecule has 0 saturated carbocycles. The monoisotopic (exact) mass is 386 g/mol. The maximum Gasteiger partial charge on any atom is 0.127 e. The van der Waals surface area contributed by atoms with E-state index < -0.39 is 0 Å². The van der Waals surface area contributed by atoms with E-state index in [9.17, 15) is 5.11 Å². The molecule has 1 aliphatic heterocycles. The van der Waals surface area contributed by atoms with E-state index in [-0.39, 0.29) is 0 Å². The molecule has 29 heavy (non-hydrogen) atoms. The molecule has 3 aromatic carbocycles. The zero-order valence-electron chi connectivity index (χ0n) is 16.7. The Morgan fingerprint density at radius 1 is 0.966 bits per heavy atom. The van der Waals surface area contributed by atoms with Crippen molar-refractivity contribution in [1.82, 2.24) is 5.01 Å². The maximum atomic E-state index is 10.4. The van der Waals surface area contributed by atoms with Gasteiger partial charge in [0.15, 0.2) is 0 Å². The first-order valence-electron chi connectivity index (χ1n) is 10.3. The fraction of sp³-hybridized carbons (Fsp3) is 0.240. The molecule has 2 N–H and O–H groups in total. The zero-order valence-corrected chi connectivity index (χ0v) is 16.7. The number of rotatable bonds is 6. The molecule has 1 heterocycles. The molecule has 1 aliphatic rings. The van der Waals surface area contributed by atoms with Gasteiger partial charge in [-0.2, -0.15) is 5.10 Å². The van der Waals surface area contributed by atoms with E-state index in [2.05, 4.69) is 59.2 Å². The van der Waals surface area contributed by atoms with Crippen LogP contribution in [0.3, 0.4) is 0 Å². The second-order valence-electron chi connectivity index (χ2n) is 7.61. The summed E-state index contributed by atoms with van der Waals surface area (Å²) in [5.41, 5.74) is 3.06. The molecule has 0 aliphatic carbocycles. The number of phenols is 1. The predicted molar refractivity (Wildman–Crippen MR) is 120 cm³/mol. The van der Waals surface area contributed by atoms with Gasteiger partial charge >= 0.3 is 0 Å². The topological polar surface area (TPSA) is 40.3 Å². The largest absolute Gasteiger partial charge is 0.507 e. The van der Waals surface area contributed by atoms with Gasteiger partial charge < -0.3 is 10.0 Å². The average Bonchev–Trinajstić information content (AvgIpc) is 2.76. The highest BCUT2D eigenvalue weighted by Gasteiger charge is 2.19. The van der Waals surface area contributed by atoms with Gasteiger partial charge in [-0.15, -0.1) is 6.58 Å². The number of para-hydroxylation sites is 1. The molecule has 1 saturated heterocycles. The van der Waals surface area contributed by atoms with Crippen LogP contribution in [-0.2, 0) is 13.0 Å². The minimum atomic E-state index is 0.302. The van der Waals surface area contributed by atoms with Gasteiger partial charge in [0.1, 0.15) is 12.3 Å². The lowest BCUT2D eigenvalue weighted by atomic mass is 10.0. The first-order chi connectivity index (χ1) is 14.2. The molecule has 0 spiro atoms. The third-order valence-corrected chi connectivity index (χ3v) is 5.64. The quantitative estimate of drug-likeness (QED) is 0.505. The molecule has 0 aromatic heterocycles. The van der Waals surface area contributed by atoms with Crippen molar-refractivity contribution in [3.8, 4) is 5.75 Å². The number of phenolic OH excluding ortho intramolecular Hbond substituents is 1. The molecular weight excluding hydrogens is 358 g/mol. The minimum Gasteiger partial charge on any atom is -0.507 e. The van der Waals surface area contributed by atoms with Gasteiger partial charge in [0.25, 0.3) is 0 Å². The van der Waals surface area contributed by atoms with Gasteiger partial charge in [-0.05, 0) is 28.8 Å². The normalized spacial score (nSPS) is 15.2. The number of aromatic hydroxyl groups is 1. The van der Waals surface area contributed by atoms with Gasteiger partial charge in [0.05, 0.1) is 32.4 Å². The molecule has 1 fully saturated rings. The van der Waals surface area contributed by atoms with E-state index in [0.29, 0.717) is 12.2 Å². The highest BCUT2D eigenvalue weighted by atomic mass is 16.3. The van der Waals surface area contributed by atoms with Gasteiger partial charge in [-0.25, -0.2) is 0 Å². The van der Waals surface area contributed by atoms with Crippen LogP contribution in [0.2, 0.25) is 0 Å². The lowest BCUT2D eigenvalue weighted by Gasteiger charge is -2.30. The number of fused-ring (bicyclic) bond motifs is 1. The summed E-state index contributed by atoms with van der Waals surface area (Å²) in [6.07, 6.45) is 4.23. The average molecular weight is 387 g/mol. The van der Waals surface area contributed by atoms with Crippen molar-refractivity contribution in [2.45, 2.75) is 13.0 Å². The van der Waals surface area contributed by atoms with Crippen LogP contribution in [0.5, 0.6) is 5.75 Å². The van der Waals surface area contributed by atoms with E-state index in [1.807, 2.05) is 18.2 Å². The molecule has 4 rings (SSSR count). The van der Waals surface area contributed by atoms with E-state index in [4.69, 9.17) is 0 Å². The SMILES string of the molecule is C=CCc1cccc(/C=N/N2CC[NH+](Cc3cccc4ccccc34)CC2)c1O. The maximum absolute atomic E-state index is 10.4. The second-order valence-corrected chi connectivity index (χ2v) is 7.61. The number of nitrogens with one attached hydrogen (secondary N) is 1. The van der Waals surface area contributed by atoms with E-state index >= 15 is 0 Å². The lowest BCUT2D eigenvalue weighted by molar-refractivity contribution is -0.918. The van der Waals surface area contributed by atoms with Crippen LogP contribution in [0.1, 0.15) is 16.7 Å². The van der Waals surface area contributed by atoms with Crippen molar-refractivity contribution in [2.75, 3.05) is 26.2 Å². The number of hydrogen-bond acceptors (Lipinski definition) is 3. The highest BCUT2D eigenvalue weighted by Crippen LogP contribution is 2.22. The van der Waals surface area contributed by atoms with Crippen LogP contribution < -0.4 is 4.90 Å². The number of nitrogens with zero attached hydrogens (tertiary/aromatic N) is 2. The number of benzene rings is 3. The summed E-state index contributed by atoms with van der Waals surface area (Å²) in [6.45, 7) is 8.75. The molecule has 148 valence electrons. The molecular formula is C25H28N3O+. The molecule has 0 unspecified atom stereocenters. The zero-order chi connectivity index (χ0) is 20.1. The Morgan fingerprint density at radius 3 is 2.52 bits per heavy atom. The van der Waals surface area contributed by atoms with Crippen molar-refractivity contribution in [3.05, 3.63) is 90.0 Å². The molecule has 0 radical (unpaired) electrons. The van der Waals surface area contributed by atoms with Crippen LogP contribution in [0.15, 0.2) is 78.4 Å². The number of hydrogen-bond donors (Lipinski definition) is 2. The van der Waals surface area contributed by atoms with Gasteiger partial charge in [-0.3, -0.25) is 5.01 Å². The molecule has 4 heteroatoms. The van der Waals surface area contributed by atoms with Crippen LogP contribution >= 0.6 is 0 Å². The van der Waals surface area contributed by atoms with Crippen molar-refractivity contribution >= 4 is 17.0 Å². The Hall–Kier alpha value is -3.11. The first-order valence-corrected chi connectivity index (χ1v) is 10.3. The van der Waals surface area contributed by atoms with Crippen LogP contribution in [0.25, 0.3) is 10.8 Å². The van der Waals surface area contributed by atoms with Crippen LogP contribution in [0.4, 0.5) is 0 Å². The van der Waals surface area contributed by atoms with E-state index in [0.717, 1.165) is 43.9 Å². The third kappa shape index (κ3) is 4.49. The summed E-state index contributed by atoms with van der Waals surface area (Å²) in [5, 5.41) is 19.8. The fourth-order valence-electron chi connectivity index (χ4n) is 4.00.